The average Bonchev–Trinajstić information content (AvgIpc) is 3.25. The van der Waals surface area contributed by atoms with E-state index in [1.807, 2.05) is 36.4 Å². The third-order valence-corrected chi connectivity index (χ3v) is 4.24. The van der Waals surface area contributed by atoms with Gasteiger partial charge in [0.05, 0.1) is 38.4 Å². The third kappa shape index (κ3) is 3.73. The van der Waals surface area contributed by atoms with E-state index >= 15 is 0 Å². The average molecular weight is 389 g/mol. The standard InChI is InChI=1S/C21H19N5O3/c1-27-16-10-4-7-13(22-16)19-20(14-8-5-11-17(23-14)28-2)26-21(25-19)15-9-6-12-18(24-15)29-3/h4-12H,1-3H3,(H,25,26). The lowest BCUT2D eigenvalue weighted by Gasteiger charge is -2.05. The number of ether oxygens (including phenoxy) is 3. The van der Waals surface area contributed by atoms with Crippen LogP contribution >= 0.6 is 0 Å². The van der Waals surface area contributed by atoms with Gasteiger partial charge in [0, 0.05) is 18.2 Å². The zero-order valence-electron chi connectivity index (χ0n) is 16.2. The molecular weight excluding hydrogens is 370 g/mol. The first kappa shape index (κ1) is 18.4. The van der Waals surface area contributed by atoms with Crippen LogP contribution in [0.15, 0.2) is 54.6 Å². The van der Waals surface area contributed by atoms with E-state index in [0.29, 0.717) is 51.9 Å². The Kier molecular flexibility index (Phi) is 5.07. The van der Waals surface area contributed by atoms with Crippen LogP contribution in [0, 0.1) is 0 Å². The van der Waals surface area contributed by atoms with E-state index in [1.165, 1.54) is 0 Å². The fourth-order valence-corrected chi connectivity index (χ4v) is 2.85. The molecule has 4 heterocycles. The Hall–Kier alpha value is -3.94. The molecule has 146 valence electrons. The first-order chi connectivity index (χ1) is 14.2. The normalized spacial score (nSPS) is 10.6. The smallest absolute Gasteiger partial charge is 0.213 e. The lowest BCUT2D eigenvalue weighted by atomic mass is 10.1. The lowest BCUT2D eigenvalue weighted by molar-refractivity contribution is 0.398. The second kappa shape index (κ2) is 7.97. The van der Waals surface area contributed by atoms with Crippen LogP contribution in [-0.4, -0.2) is 46.2 Å². The topological polar surface area (TPSA) is 95.0 Å². The SMILES string of the molecule is COc1cccc(-c2nc(-c3cccc(OC)n3)c(-c3cccc(OC)n3)[nH]2)n1. The third-order valence-electron chi connectivity index (χ3n) is 4.24. The fourth-order valence-electron chi connectivity index (χ4n) is 2.85. The van der Waals surface area contributed by atoms with Gasteiger partial charge in [-0.1, -0.05) is 18.2 Å². The maximum absolute atomic E-state index is 5.27. The summed E-state index contributed by atoms with van der Waals surface area (Å²) >= 11 is 0. The highest BCUT2D eigenvalue weighted by molar-refractivity contribution is 5.78. The van der Waals surface area contributed by atoms with Crippen molar-refractivity contribution in [3.63, 3.8) is 0 Å². The summed E-state index contributed by atoms with van der Waals surface area (Å²) in [5.74, 6) is 2.07. The van der Waals surface area contributed by atoms with E-state index in [1.54, 1.807) is 39.5 Å². The van der Waals surface area contributed by atoms with Gasteiger partial charge >= 0.3 is 0 Å². The molecule has 0 radical (unpaired) electrons. The maximum atomic E-state index is 5.27. The van der Waals surface area contributed by atoms with Gasteiger partial charge in [0.15, 0.2) is 5.82 Å². The quantitative estimate of drug-likeness (QED) is 0.538. The van der Waals surface area contributed by atoms with Crippen molar-refractivity contribution >= 4 is 0 Å². The van der Waals surface area contributed by atoms with Crippen LogP contribution in [0.1, 0.15) is 0 Å². The molecule has 0 aromatic carbocycles. The molecule has 29 heavy (non-hydrogen) atoms. The van der Waals surface area contributed by atoms with Crippen LogP contribution in [0.2, 0.25) is 0 Å². The van der Waals surface area contributed by atoms with Gasteiger partial charge in [-0.15, -0.1) is 0 Å². The maximum Gasteiger partial charge on any atom is 0.213 e. The van der Waals surface area contributed by atoms with Gasteiger partial charge in [-0.2, -0.15) is 0 Å². The van der Waals surface area contributed by atoms with Gasteiger partial charge in [-0.05, 0) is 18.2 Å². The van der Waals surface area contributed by atoms with E-state index in [4.69, 9.17) is 19.2 Å². The van der Waals surface area contributed by atoms with Crippen molar-refractivity contribution in [1.29, 1.82) is 0 Å². The van der Waals surface area contributed by atoms with Crippen LogP contribution in [0.3, 0.4) is 0 Å². The number of aromatic nitrogens is 5. The number of H-pyrrole nitrogens is 1. The number of hydrogen-bond donors (Lipinski definition) is 1. The summed E-state index contributed by atoms with van der Waals surface area (Å²) in [5, 5.41) is 0. The number of imidazole rings is 1. The molecule has 0 aliphatic carbocycles. The summed E-state index contributed by atoms with van der Waals surface area (Å²) < 4.78 is 15.8. The molecule has 0 unspecified atom stereocenters. The van der Waals surface area contributed by atoms with Crippen LogP contribution in [0.25, 0.3) is 34.3 Å². The minimum absolute atomic E-state index is 0.496. The molecule has 4 rings (SSSR count). The highest BCUT2D eigenvalue weighted by Gasteiger charge is 2.19. The van der Waals surface area contributed by atoms with Crippen molar-refractivity contribution in [3.8, 4) is 51.9 Å². The molecule has 0 saturated carbocycles. The van der Waals surface area contributed by atoms with Crippen molar-refractivity contribution in [2.45, 2.75) is 0 Å². The van der Waals surface area contributed by atoms with Crippen molar-refractivity contribution in [3.05, 3.63) is 54.6 Å². The predicted octanol–water partition coefficient (Wildman–Crippen LogP) is 3.62. The molecule has 4 aromatic heterocycles. The van der Waals surface area contributed by atoms with E-state index in [-0.39, 0.29) is 0 Å². The van der Waals surface area contributed by atoms with Gasteiger partial charge < -0.3 is 19.2 Å². The minimum atomic E-state index is 0.496. The van der Waals surface area contributed by atoms with Gasteiger partial charge in [-0.3, -0.25) is 0 Å². The summed E-state index contributed by atoms with van der Waals surface area (Å²) in [6, 6.07) is 16.5. The van der Waals surface area contributed by atoms with E-state index in [2.05, 4.69) is 19.9 Å². The summed E-state index contributed by atoms with van der Waals surface area (Å²) in [5.41, 5.74) is 3.29. The van der Waals surface area contributed by atoms with E-state index < -0.39 is 0 Å². The first-order valence-electron chi connectivity index (χ1n) is 8.86. The molecule has 0 aliphatic rings. The predicted molar refractivity (Wildman–Crippen MR) is 108 cm³/mol. The van der Waals surface area contributed by atoms with E-state index in [9.17, 15) is 0 Å². The molecule has 0 fully saturated rings. The van der Waals surface area contributed by atoms with Gasteiger partial charge in [-0.25, -0.2) is 19.9 Å². The van der Waals surface area contributed by atoms with Crippen LogP contribution in [-0.2, 0) is 0 Å². The van der Waals surface area contributed by atoms with Crippen LogP contribution < -0.4 is 14.2 Å². The Labute approximate surface area is 167 Å². The molecule has 0 saturated heterocycles. The fraction of sp³-hybridized carbons (Fsp3) is 0.143. The molecule has 0 atom stereocenters. The minimum Gasteiger partial charge on any atom is -0.481 e. The monoisotopic (exact) mass is 389 g/mol. The Morgan fingerprint density at radius 3 is 1.66 bits per heavy atom. The number of pyridine rings is 3. The lowest BCUT2D eigenvalue weighted by Crippen LogP contribution is -1.93. The molecule has 0 spiro atoms. The molecule has 0 amide bonds. The highest BCUT2D eigenvalue weighted by Crippen LogP contribution is 2.32. The number of hydrogen-bond acceptors (Lipinski definition) is 7. The van der Waals surface area contributed by atoms with E-state index in [0.717, 1.165) is 0 Å². The highest BCUT2D eigenvalue weighted by atomic mass is 16.5. The number of methoxy groups -OCH3 is 3. The summed E-state index contributed by atoms with van der Waals surface area (Å²) in [4.78, 5) is 21.6. The molecule has 0 aliphatic heterocycles. The molecule has 0 bridgehead atoms. The van der Waals surface area contributed by atoms with Crippen molar-refractivity contribution in [2.24, 2.45) is 0 Å². The summed E-state index contributed by atoms with van der Waals surface area (Å²) in [6.45, 7) is 0. The van der Waals surface area contributed by atoms with Crippen molar-refractivity contribution in [1.82, 2.24) is 24.9 Å². The second-order valence-corrected chi connectivity index (χ2v) is 6.00. The summed E-state index contributed by atoms with van der Waals surface area (Å²) in [6.07, 6.45) is 0. The number of nitrogens with one attached hydrogen (secondary N) is 1. The van der Waals surface area contributed by atoms with Gasteiger partial charge in [0.2, 0.25) is 17.6 Å². The Bertz CT molecular complexity index is 1080. The Balaban J connectivity index is 1.90. The zero-order valence-corrected chi connectivity index (χ0v) is 16.2. The largest absolute Gasteiger partial charge is 0.481 e. The summed E-state index contributed by atoms with van der Waals surface area (Å²) in [7, 11) is 4.73. The number of aromatic amines is 1. The second-order valence-electron chi connectivity index (χ2n) is 6.00. The van der Waals surface area contributed by atoms with Gasteiger partial charge in [0.1, 0.15) is 11.4 Å². The molecule has 8 nitrogen and oxygen atoms in total. The number of rotatable bonds is 6. The molecular formula is C21H19N5O3. The molecule has 4 aromatic rings. The molecule has 1 N–H and O–H groups in total. The Morgan fingerprint density at radius 1 is 0.586 bits per heavy atom. The van der Waals surface area contributed by atoms with Crippen molar-refractivity contribution < 1.29 is 14.2 Å². The van der Waals surface area contributed by atoms with Gasteiger partial charge in [0.25, 0.3) is 0 Å². The van der Waals surface area contributed by atoms with Crippen LogP contribution in [0.4, 0.5) is 0 Å². The molecule has 8 heteroatoms. The van der Waals surface area contributed by atoms with Crippen LogP contribution in [0.5, 0.6) is 17.6 Å². The zero-order chi connectivity index (χ0) is 20.2. The Morgan fingerprint density at radius 2 is 1.07 bits per heavy atom. The first-order valence-corrected chi connectivity index (χ1v) is 8.86. The van der Waals surface area contributed by atoms with Crippen molar-refractivity contribution in [2.75, 3.05) is 21.3 Å². The number of nitrogens with zero attached hydrogens (tertiary/aromatic N) is 4.